The van der Waals surface area contributed by atoms with E-state index in [2.05, 4.69) is 4.98 Å². The highest BCUT2D eigenvalue weighted by Gasteiger charge is 2.38. The van der Waals surface area contributed by atoms with Gasteiger partial charge in [-0.05, 0) is 31.5 Å². The monoisotopic (exact) mass is 393 g/mol. The van der Waals surface area contributed by atoms with Crippen molar-refractivity contribution in [1.82, 2.24) is 9.88 Å². The molecule has 29 heavy (non-hydrogen) atoms. The van der Waals surface area contributed by atoms with E-state index in [1.165, 1.54) is 7.11 Å². The van der Waals surface area contributed by atoms with Crippen molar-refractivity contribution in [2.45, 2.75) is 32.5 Å². The molecule has 4 rings (SSSR count). The Labute approximate surface area is 168 Å². The van der Waals surface area contributed by atoms with Crippen LogP contribution in [0.3, 0.4) is 0 Å². The Hall–Kier alpha value is -3.35. The number of methoxy groups -OCH3 is 1. The summed E-state index contributed by atoms with van der Waals surface area (Å²) in [6, 6.07) is 15.0. The minimum Gasteiger partial charge on any atom is -0.465 e. The molecule has 7 nitrogen and oxygen atoms in total. The third-order valence-corrected chi connectivity index (χ3v) is 5.30. The minimum atomic E-state index is -0.472. The lowest BCUT2D eigenvalue weighted by Gasteiger charge is -2.42. The number of hydrogen-bond acceptors (Lipinski definition) is 6. The number of benzene rings is 2. The van der Waals surface area contributed by atoms with Gasteiger partial charge in [-0.25, -0.2) is 4.79 Å². The molecule has 1 aromatic heterocycles. The number of anilines is 1. The van der Waals surface area contributed by atoms with Crippen LogP contribution < -0.4 is 4.90 Å². The molecule has 150 valence electrons. The first kappa shape index (κ1) is 19.0. The Balaban J connectivity index is 1.63. The van der Waals surface area contributed by atoms with Gasteiger partial charge in [0.1, 0.15) is 11.6 Å². The summed E-state index contributed by atoms with van der Waals surface area (Å²) >= 11 is 0. The zero-order chi connectivity index (χ0) is 20.5. The number of ether oxygens (including phenoxy) is 1. The number of hydrogen-bond donors (Lipinski definition) is 0. The summed E-state index contributed by atoms with van der Waals surface area (Å²) in [6.45, 7) is 5.02. The lowest BCUT2D eigenvalue weighted by Crippen LogP contribution is -2.60. The number of para-hydroxylation sites is 1. The summed E-state index contributed by atoms with van der Waals surface area (Å²) in [5, 5.41) is 0. The number of aromatic nitrogens is 1. The average molecular weight is 393 g/mol. The first-order valence-corrected chi connectivity index (χ1v) is 9.58. The third kappa shape index (κ3) is 3.44. The molecule has 1 saturated heterocycles. The number of carbonyl (C=O) groups is 2. The van der Waals surface area contributed by atoms with Gasteiger partial charge in [-0.15, -0.1) is 0 Å². The molecule has 2 atom stereocenters. The maximum Gasteiger partial charge on any atom is 0.340 e. The summed E-state index contributed by atoms with van der Waals surface area (Å²) in [7, 11) is 1.33. The van der Waals surface area contributed by atoms with Gasteiger partial charge < -0.3 is 19.0 Å². The van der Waals surface area contributed by atoms with E-state index in [1.807, 2.05) is 54.0 Å². The fourth-order valence-electron chi connectivity index (χ4n) is 3.88. The highest BCUT2D eigenvalue weighted by Crippen LogP contribution is 2.30. The number of fused-ring (bicyclic) bond motifs is 1. The second kappa shape index (κ2) is 7.58. The summed E-state index contributed by atoms with van der Waals surface area (Å²) in [4.78, 5) is 33.4. The average Bonchev–Trinajstić information content (AvgIpc) is 3.15. The molecule has 3 aromatic rings. The normalized spacial score (nSPS) is 19.6. The number of nitrogens with zero attached hydrogens (tertiary/aromatic N) is 3. The molecule has 1 aliphatic rings. The van der Waals surface area contributed by atoms with Crippen LogP contribution in [0.1, 0.15) is 29.8 Å². The number of amides is 1. The number of oxazole rings is 1. The summed E-state index contributed by atoms with van der Waals surface area (Å²) < 4.78 is 10.8. The van der Waals surface area contributed by atoms with Crippen LogP contribution in [-0.2, 0) is 16.1 Å². The molecule has 0 bridgehead atoms. The van der Waals surface area contributed by atoms with E-state index in [0.29, 0.717) is 35.8 Å². The number of piperazine rings is 1. The van der Waals surface area contributed by atoms with Crippen LogP contribution >= 0.6 is 0 Å². The first-order chi connectivity index (χ1) is 14.0. The Kier molecular flexibility index (Phi) is 4.96. The molecule has 7 heteroatoms. The van der Waals surface area contributed by atoms with Gasteiger partial charge in [-0.3, -0.25) is 4.79 Å². The summed E-state index contributed by atoms with van der Waals surface area (Å²) in [5.41, 5.74) is 2.36. The lowest BCUT2D eigenvalue weighted by molar-refractivity contribution is -0.135. The van der Waals surface area contributed by atoms with Crippen LogP contribution in [0, 0.1) is 0 Å². The molecule has 0 spiro atoms. The molecule has 0 saturated carbocycles. The van der Waals surface area contributed by atoms with E-state index in [9.17, 15) is 9.59 Å². The van der Waals surface area contributed by atoms with Crippen LogP contribution in [-0.4, -0.2) is 47.5 Å². The van der Waals surface area contributed by atoms with Crippen molar-refractivity contribution in [1.29, 1.82) is 0 Å². The standard InChI is InChI=1S/C22H23N3O4/c1-14-12-24(13-16-8-5-4-6-9-16)20(26)15(2)25(14)22-23-19-17(21(27)28-3)10-7-11-18(19)29-22/h4-11,14-15H,12-13H2,1-3H3/t14-,15-/m0/s1. The quantitative estimate of drug-likeness (QED) is 0.634. The van der Waals surface area contributed by atoms with E-state index >= 15 is 0 Å². The number of esters is 1. The van der Waals surface area contributed by atoms with Crippen LogP contribution in [0.5, 0.6) is 0 Å². The van der Waals surface area contributed by atoms with E-state index in [1.54, 1.807) is 18.2 Å². The fourth-order valence-corrected chi connectivity index (χ4v) is 3.88. The highest BCUT2D eigenvalue weighted by atomic mass is 16.5. The molecule has 0 aliphatic carbocycles. The molecule has 1 fully saturated rings. The highest BCUT2D eigenvalue weighted by molar-refractivity contribution is 6.01. The SMILES string of the molecule is COC(=O)c1cccc2oc(N3[C@@H](C)CN(Cc4ccccc4)C(=O)[C@@H]3C)nc12. The van der Waals surface area contributed by atoms with Gasteiger partial charge in [0.25, 0.3) is 6.01 Å². The zero-order valence-corrected chi connectivity index (χ0v) is 16.7. The predicted octanol–water partition coefficient (Wildman–Crippen LogP) is 3.24. The lowest BCUT2D eigenvalue weighted by atomic mass is 10.1. The van der Waals surface area contributed by atoms with Crippen molar-refractivity contribution < 1.29 is 18.7 Å². The molecule has 0 radical (unpaired) electrons. The third-order valence-electron chi connectivity index (χ3n) is 5.30. The topological polar surface area (TPSA) is 75.9 Å². The van der Waals surface area contributed by atoms with Crippen LogP contribution in [0.2, 0.25) is 0 Å². The van der Waals surface area contributed by atoms with Crippen molar-refractivity contribution >= 4 is 29.0 Å². The minimum absolute atomic E-state index is 0.000973. The van der Waals surface area contributed by atoms with Gasteiger partial charge in [0.2, 0.25) is 5.91 Å². The van der Waals surface area contributed by atoms with Gasteiger partial charge >= 0.3 is 5.97 Å². The molecule has 1 amide bonds. The Morgan fingerprint density at radius 1 is 1.17 bits per heavy atom. The van der Waals surface area contributed by atoms with E-state index < -0.39 is 12.0 Å². The van der Waals surface area contributed by atoms with E-state index in [-0.39, 0.29) is 11.9 Å². The molecule has 0 N–H and O–H groups in total. The number of carbonyl (C=O) groups excluding carboxylic acids is 2. The van der Waals surface area contributed by atoms with E-state index in [0.717, 1.165) is 5.56 Å². The second-order valence-electron chi connectivity index (χ2n) is 7.28. The molecule has 0 unspecified atom stereocenters. The van der Waals surface area contributed by atoms with Gasteiger partial charge in [-0.2, -0.15) is 4.98 Å². The largest absolute Gasteiger partial charge is 0.465 e. The molecule has 1 aliphatic heterocycles. The Morgan fingerprint density at radius 2 is 1.93 bits per heavy atom. The van der Waals surface area contributed by atoms with Crippen LogP contribution in [0.25, 0.3) is 11.1 Å². The summed E-state index contributed by atoms with van der Waals surface area (Å²) in [5.74, 6) is -0.456. The predicted molar refractivity (Wildman–Crippen MR) is 109 cm³/mol. The van der Waals surface area contributed by atoms with Crippen molar-refractivity contribution in [3.05, 3.63) is 59.7 Å². The molecular formula is C22H23N3O4. The Bertz CT molecular complexity index is 1050. The fraction of sp³-hybridized carbons (Fsp3) is 0.318. The second-order valence-corrected chi connectivity index (χ2v) is 7.28. The van der Waals surface area contributed by atoms with Gasteiger partial charge in [0, 0.05) is 19.1 Å². The first-order valence-electron chi connectivity index (χ1n) is 9.58. The van der Waals surface area contributed by atoms with Crippen molar-refractivity contribution in [2.75, 3.05) is 18.6 Å². The van der Waals surface area contributed by atoms with E-state index in [4.69, 9.17) is 9.15 Å². The van der Waals surface area contributed by atoms with Crippen LogP contribution in [0.4, 0.5) is 6.01 Å². The maximum absolute atomic E-state index is 13.0. The smallest absolute Gasteiger partial charge is 0.340 e. The van der Waals surface area contributed by atoms with Gasteiger partial charge in [-0.1, -0.05) is 36.4 Å². The molecule has 2 heterocycles. The molecule has 2 aromatic carbocycles. The van der Waals surface area contributed by atoms with Gasteiger partial charge in [0.15, 0.2) is 5.58 Å². The van der Waals surface area contributed by atoms with Crippen molar-refractivity contribution in [2.24, 2.45) is 0 Å². The van der Waals surface area contributed by atoms with Gasteiger partial charge in [0.05, 0.1) is 12.7 Å². The zero-order valence-electron chi connectivity index (χ0n) is 16.7. The van der Waals surface area contributed by atoms with Crippen molar-refractivity contribution in [3.63, 3.8) is 0 Å². The Morgan fingerprint density at radius 3 is 2.66 bits per heavy atom. The van der Waals surface area contributed by atoms with Crippen molar-refractivity contribution in [3.8, 4) is 0 Å². The van der Waals surface area contributed by atoms with Crippen LogP contribution in [0.15, 0.2) is 52.9 Å². The molecular weight excluding hydrogens is 370 g/mol. The summed E-state index contributed by atoms with van der Waals surface area (Å²) in [6.07, 6.45) is 0. The maximum atomic E-state index is 13.0. The number of rotatable bonds is 4.